The van der Waals surface area contributed by atoms with Gasteiger partial charge in [-0.1, -0.05) is 0 Å². The number of nitrogens with zero attached hydrogens (tertiary/aromatic N) is 2. The van der Waals surface area contributed by atoms with E-state index in [-0.39, 0.29) is 35.8 Å². The van der Waals surface area contributed by atoms with Gasteiger partial charge >= 0.3 is 0 Å². The fourth-order valence-corrected chi connectivity index (χ4v) is 2.06. The minimum Gasteiger partial charge on any atom is -0.370 e. The van der Waals surface area contributed by atoms with Gasteiger partial charge in [0.25, 0.3) is 0 Å². The predicted octanol–water partition coefficient (Wildman–Crippen LogP) is 0.931. The molecular formula is C12H23IN4O. The number of amides is 1. The molecule has 0 aromatic rings. The Hall–Kier alpha value is -0.530. The predicted molar refractivity (Wildman–Crippen MR) is 83.1 cm³/mol. The molecule has 0 spiro atoms. The second kappa shape index (κ2) is 7.81. The summed E-state index contributed by atoms with van der Waals surface area (Å²) in [7, 11) is 0. The Morgan fingerprint density at radius 1 is 1.28 bits per heavy atom. The van der Waals surface area contributed by atoms with Gasteiger partial charge in [-0.15, -0.1) is 24.0 Å². The van der Waals surface area contributed by atoms with Crippen LogP contribution in [0.2, 0.25) is 0 Å². The molecule has 0 bridgehead atoms. The summed E-state index contributed by atoms with van der Waals surface area (Å²) in [5.74, 6) is 1.08. The van der Waals surface area contributed by atoms with Gasteiger partial charge in [0.2, 0.25) is 5.91 Å². The zero-order valence-electron chi connectivity index (χ0n) is 10.7. The van der Waals surface area contributed by atoms with Gasteiger partial charge < -0.3 is 16.0 Å². The summed E-state index contributed by atoms with van der Waals surface area (Å²) in [6.45, 7) is 3.22. The number of rotatable bonds is 4. The Bertz CT molecular complexity index is 298. The molecule has 2 aliphatic rings. The van der Waals surface area contributed by atoms with Crippen LogP contribution < -0.4 is 11.1 Å². The van der Waals surface area contributed by atoms with E-state index >= 15 is 0 Å². The molecule has 0 atom stereocenters. The van der Waals surface area contributed by atoms with Crippen LogP contribution in [0, 0.1) is 5.92 Å². The number of hydrogen-bond acceptors (Lipinski definition) is 2. The van der Waals surface area contributed by atoms with E-state index in [0.717, 1.165) is 25.9 Å². The van der Waals surface area contributed by atoms with Crippen LogP contribution in [0.15, 0.2) is 4.99 Å². The van der Waals surface area contributed by atoms with Crippen molar-refractivity contribution < 1.29 is 4.79 Å². The van der Waals surface area contributed by atoms with E-state index in [0.29, 0.717) is 19.0 Å². The fraction of sp³-hybridized carbons (Fsp3) is 0.833. The number of halogens is 1. The second-order valence-corrected chi connectivity index (χ2v) is 4.85. The molecule has 1 heterocycles. The summed E-state index contributed by atoms with van der Waals surface area (Å²) < 4.78 is 0. The molecule has 0 unspecified atom stereocenters. The van der Waals surface area contributed by atoms with Crippen LogP contribution in [0.1, 0.15) is 32.1 Å². The summed E-state index contributed by atoms with van der Waals surface area (Å²) in [5, 5.41) is 2.88. The van der Waals surface area contributed by atoms with Crippen LogP contribution in [0.3, 0.4) is 0 Å². The number of carbonyl (C=O) groups is 1. The first-order valence-electron chi connectivity index (χ1n) is 6.60. The topological polar surface area (TPSA) is 70.7 Å². The fourth-order valence-electron chi connectivity index (χ4n) is 2.06. The summed E-state index contributed by atoms with van der Waals surface area (Å²) in [5.41, 5.74) is 5.90. The Morgan fingerprint density at radius 3 is 2.56 bits per heavy atom. The highest BCUT2D eigenvalue weighted by Gasteiger charge is 2.28. The van der Waals surface area contributed by atoms with Crippen LogP contribution >= 0.6 is 24.0 Å². The van der Waals surface area contributed by atoms with Crippen molar-refractivity contribution in [1.82, 2.24) is 10.2 Å². The van der Waals surface area contributed by atoms with Crippen LogP contribution in [-0.2, 0) is 4.79 Å². The Balaban J connectivity index is 0.00000162. The third-order valence-corrected chi connectivity index (χ3v) is 3.31. The molecule has 2 fully saturated rings. The molecule has 1 aliphatic heterocycles. The van der Waals surface area contributed by atoms with Gasteiger partial charge in [0.15, 0.2) is 5.96 Å². The lowest BCUT2D eigenvalue weighted by Crippen LogP contribution is -2.41. The van der Waals surface area contributed by atoms with Gasteiger partial charge in [-0.2, -0.15) is 0 Å². The maximum Gasteiger partial charge on any atom is 0.223 e. The molecule has 1 aliphatic carbocycles. The molecule has 18 heavy (non-hydrogen) atoms. The molecule has 0 aromatic carbocycles. The van der Waals surface area contributed by atoms with Gasteiger partial charge in [0, 0.05) is 25.6 Å². The third kappa shape index (κ3) is 4.99. The summed E-state index contributed by atoms with van der Waals surface area (Å²) >= 11 is 0. The lowest BCUT2D eigenvalue weighted by atomic mass is 10.1. The van der Waals surface area contributed by atoms with E-state index < -0.39 is 0 Å². The maximum absolute atomic E-state index is 11.4. The van der Waals surface area contributed by atoms with Crippen molar-refractivity contribution in [3.05, 3.63) is 0 Å². The van der Waals surface area contributed by atoms with Crippen LogP contribution in [0.4, 0.5) is 0 Å². The average molecular weight is 366 g/mol. The summed E-state index contributed by atoms with van der Waals surface area (Å²) in [6.07, 6.45) is 5.79. The highest BCUT2D eigenvalue weighted by molar-refractivity contribution is 14.0. The van der Waals surface area contributed by atoms with E-state index in [2.05, 4.69) is 15.2 Å². The Morgan fingerprint density at radius 2 is 1.94 bits per heavy atom. The largest absolute Gasteiger partial charge is 0.370 e. The number of likely N-dealkylation sites (tertiary alicyclic amines) is 1. The van der Waals surface area contributed by atoms with Crippen LogP contribution in [-0.4, -0.2) is 42.9 Å². The van der Waals surface area contributed by atoms with E-state index in [9.17, 15) is 4.79 Å². The van der Waals surface area contributed by atoms with Gasteiger partial charge in [-0.05, 0) is 32.1 Å². The lowest BCUT2D eigenvalue weighted by Gasteiger charge is -2.27. The number of guanidine groups is 1. The summed E-state index contributed by atoms with van der Waals surface area (Å²) in [6, 6.07) is 0. The zero-order valence-corrected chi connectivity index (χ0v) is 13.1. The monoisotopic (exact) mass is 366 g/mol. The second-order valence-electron chi connectivity index (χ2n) is 4.85. The van der Waals surface area contributed by atoms with Gasteiger partial charge in [-0.25, -0.2) is 0 Å². The Kier molecular flexibility index (Phi) is 6.73. The first-order chi connectivity index (χ1) is 8.27. The van der Waals surface area contributed by atoms with Crippen LogP contribution in [0.25, 0.3) is 0 Å². The normalized spacial score (nSPS) is 20.2. The SMILES string of the molecule is I.NC(=NCCNC(=O)C1CC1)N1CCCCC1. The molecular weight excluding hydrogens is 343 g/mol. The van der Waals surface area contributed by atoms with Crippen molar-refractivity contribution in [3.63, 3.8) is 0 Å². The molecule has 6 heteroatoms. The quantitative estimate of drug-likeness (QED) is 0.337. The average Bonchev–Trinajstić information content (AvgIpc) is 3.19. The molecule has 1 saturated carbocycles. The van der Waals surface area contributed by atoms with E-state index in [1.54, 1.807) is 0 Å². The number of nitrogens with one attached hydrogen (secondary N) is 1. The zero-order chi connectivity index (χ0) is 12.1. The number of nitrogens with two attached hydrogens (primary N) is 1. The van der Waals surface area contributed by atoms with Crippen molar-refractivity contribution >= 4 is 35.8 Å². The van der Waals surface area contributed by atoms with Crippen molar-refractivity contribution in [2.75, 3.05) is 26.2 Å². The number of hydrogen-bond donors (Lipinski definition) is 2. The number of piperidine rings is 1. The number of carbonyl (C=O) groups excluding carboxylic acids is 1. The van der Waals surface area contributed by atoms with E-state index in [1.807, 2.05) is 0 Å². The highest BCUT2D eigenvalue weighted by atomic mass is 127. The maximum atomic E-state index is 11.4. The van der Waals surface area contributed by atoms with E-state index in [1.165, 1.54) is 19.3 Å². The molecule has 0 aromatic heterocycles. The number of aliphatic imine (C=N–C) groups is 1. The van der Waals surface area contributed by atoms with Crippen LogP contribution in [0.5, 0.6) is 0 Å². The Labute approximate surface area is 126 Å². The lowest BCUT2D eigenvalue weighted by molar-refractivity contribution is -0.122. The van der Waals surface area contributed by atoms with Gasteiger partial charge in [0.05, 0.1) is 6.54 Å². The van der Waals surface area contributed by atoms with Gasteiger partial charge in [-0.3, -0.25) is 9.79 Å². The molecule has 2 rings (SSSR count). The molecule has 5 nitrogen and oxygen atoms in total. The molecule has 104 valence electrons. The summed E-state index contributed by atoms with van der Waals surface area (Å²) in [4.78, 5) is 17.8. The van der Waals surface area contributed by atoms with Crippen molar-refractivity contribution in [1.29, 1.82) is 0 Å². The van der Waals surface area contributed by atoms with Crippen molar-refractivity contribution in [2.45, 2.75) is 32.1 Å². The highest BCUT2D eigenvalue weighted by Crippen LogP contribution is 2.28. The first kappa shape index (κ1) is 15.5. The molecule has 0 radical (unpaired) electrons. The standard InChI is InChI=1S/C12H22N4O.HI/c13-12(16-8-2-1-3-9-16)15-7-6-14-11(17)10-4-5-10;/h10H,1-9H2,(H2,13,15)(H,14,17);1H. The third-order valence-electron chi connectivity index (χ3n) is 3.31. The van der Waals surface area contributed by atoms with Gasteiger partial charge in [0.1, 0.15) is 0 Å². The first-order valence-corrected chi connectivity index (χ1v) is 6.60. The molecule has 1 saturated heterocycles. The minimum absolute atomic E-state index is 0. The van der Waals surface area contributed by atoms with E-state index in [4.69, 9.17) is 5.73 Å². The molecule has 1 amide bonds. The molecule has 3 N–H and O–H groups in total. The smallest absolute Gasteiger partial charge is 0.223 e. The minimum atomic E-state index is 0. The van der Waals surface area contributed by atoms with Crippen molar-refractivity contribution in [2.24, 2.45) is 16.6 Å². The van der Waals surface area contributed by atoms with Crippen molar-refractivity contribution in [3.8, 4) is 0 Å².